The number of nitrogens with zero attached hydrogens (tertiary/aromatic N) is 3. The maximum atomic E-state index is 12.9. The summed E-state index contributed by atoms with van der Waals surface area (Å²) in [5, 5.41) is 4.12. The third kappa shape index (κ3) is 5.49. The van der Waals surface area contributed by atoms with Crippen molar-refractivity contribution >= 4 is 45.8 Å². The second-order valence-electron chi connectivity index (χ2n) is 9.08. The predicted molar refractivity (Wildman–Crippen MR) is 140 cm³/mol. The minimum Gasteiger partial charge on any atom is -0.369 e. The number of carbonyl (C=O) groups excluding carboxylic acids is 1. The number of rotatable bonds is 6. The van der Waals surface area contributed by atoms with Crippen molar-refractivity contribution in [3.05, 3.63) is 70.4 Å². The van der Waals surface area contributed by atoms with E-state index in [1.165, 1.54) is 5.56 Å². The Morgan fingerprint density at radius 3 is 2.49 bits per heavy atom. The fourth-order valence-electron chi connectivity index (χ4n) is 4.78. The summed E-state index contributed by atoms with van der Waals surface area (Å²) < 4.78 is 12.9. The molecule has 182 valence electrons. The van der Waals surface area contributed by atoms with Crippen molar-refractivity contribution < 1.29 is 9.00 Å². The standard InChI is InChI=1S/C26H28ClN5O2S/c27-20-7-5-18(6-8-20)19-11-13-32(14-12-19)26-30-22-2-1-15-35(34)24(22)25(31-26)29-21-9-3-17(4-10-21)16-23(28)33/h3-10,19H,1-2,11-16H2,(H2,28,33)(H,29,30,31)/t35-/m1/s1. The van der Waals surface area contributed by atoms with Gasteiger partial charge in [-0.3, -0.25) is 9.00 Å². The molecule has 1 amide bonds. The van der Waals surface area contributed by atoms with Crippen LogP contribution in [0.2, 0.25) is 5.02 Å². The number of anilines is 3. The van der Waals surface area contributed by atoms with Crippen LogP contribution in [0.3, 0.4) is 0 Å². The van der Waals surface area contributed by atoms with Crippen LogP contribution in [0.1, 0.15) is 42.0 Å². The number of aryl methyl sites for hydroxylation is 1. The van der Waals surface area contributed by atoms with Crippen LogP contribution in [0.15, 0.2) is 53.4 Å². The molecule has 3 aromatic rings. The Labute approximate surface area is 212 Å². The normalized spacial score (nSPS) is 18.2. The Morgan fingerprint density at radius 2 is 1.80 bits per heavy atom. The van der Waals surface area contributed by atoms with Gasteiger partial charge in [0.05, 0.1) is 22.9 Å². The number of hydrogen-bond acceptors (Lipinski definition) is 6. The van der Waals surface area contributed by atoms with Crippen LogP contribution in [0.25, 0.3) is 0 Å². The van der Waals surface area contributed by atoms with E-state index in [9.17, 15) is 9.00 Å². The minimum absolute atomic E-state index is 0.198. The predicted octanol–water partition coefficient (Wildman–Crippen LogP) is 4.34. The number of primary amides is 1. The van der Waals surface area contributed by atoms with E-state index in [1.54, 1.807) is 0 Å². The molecule has 0 unspecified atom stereocenters. The van der Waals surface area contributed by atoms with Crippen molar-refractivity contribution in [3.8, 4) is 0 Å². The Bertz CT molecular complexity index is 1240. The number of hydrogen-bond donors (Lipinski definition) is 2. The summed E-state index contributed by atoms with van der Waals surface area (Å²) in [5.74, 6) is 2.03. The molecule has 2 aliphatic heterocycles. The lowest BCUT2D eigenvalue weighted by atomic mass is 9.89. The van der Waals surface area contributed by atoms with Gasteiger partial charge in [0.25, 0.3) is 0 Å². The summed E-state index contributed by atoms with van der Waals surface area (Å²) >= 11 is 6.05. The van der Waals surface area contributed by atoms with Gasteiger partial charge in [0.1, 0.15) is 4.90 Å². The van der Waals surface area contributed by atoms with Gasteiger partial charge in [-0.05, 0) is 67.0 Å². The van der Waals surface area contributed by atoms with Gasteiger partial charge in [-0.2, -0.15) is 4.98 Å². The lowest BCUT2D eigenvalue weighted by molar-refractivity contribution is -0.117. The molecule has 35 heavy (non-hydrogen) atoms. The van der Waals surface area contributed by atoms with Crippen LogP contribution >= 0.6 is 11.6 Å². The molecule has 1 aromatic heterocycles. The third-order valence-electron chi connectivity index (χ3n) is 6.61. The summed E-state index contributed by atoms with van der Waals surface area (Å²) in [7, 11) is -1.14. The van der Waals surface area contributed by atoms with Crippen molar-refractivity contribution in [2.75, 3.05) is 29.1 Å². The number of nitrogens with one attached hydrogen (secondary N) is 1. The van der Waals surface area contributed by atoms with Gasteiger partial charge in [0.2, 0.25) is 11.9 Å². The van der Waals surface area contributed by atoms with Gasteiger partial charge in [-0.15, -0.1) is 0 Å². The van der Waals surface area contributed by atoms with Crippen molar-refractivity contribution in [2.24, 2.45) is 5.73 Å². The molecular weight excluding hydrogens is 482 g/mol. The van der Waals surface area contributed by atoms with E-state index >= 15 is 0 Å². The highest BCUT2D eigenvalue weighted by Crippen LogP contribution is 2.34. The monoisotopic (exact) mass is 509 g/mol. The first-order chi connectivity index (χ1) is 17.0. The van der Waals surface area contributed by atoms with Gasteiger partial charge < -0.3 is 16.0 Å². The molecule has 2 aliphatic rings. The molecule has 7 nitrogen and oxygen atoms in total. The Hall–Kier alpha value is -2.97. The molecule has 0 spiro atoms. The van der Waals surface area contributed by atoms with Gasteiger partial charge >= 0.3 is 0 Å². The minimum atomic E-state index is -1.14. The zero-order chi connectivity index (χ0) is 24.4. The van der Waals surface area contributed by atoms with Crippen molar-refractivity contribution in [1.29, 1.82) is 0 Å². The maximum Gasteiger partial charge on any atom is 0.227 e. The van der Waals surface area contributed by atoms with Gasteiger partial charge in [-0.1, -0.05) is 35.9 Å². The maximum absolute atomic E-state index is 12.9. The highest BCUT2D eigenvalue weighted by Gasteiger charge is 2.27. The van der Waals surface area contributed by atoms with E-state index in [4.69, 9.17) is 27.3 Å². The first-order valence-corrected chi connectivity index (χ1v) is 13.6. The Kier molecular flexibility index (Phi) is 7.02. The quantitative estimate of drug-likeness (QED) is 0.512. The Balaban J connectivity index is 1.37. The lowest BCUT2D eigenvalue weighted by Crippen LogP contribution is -2.35. The second-order valence-corrected chi connectivity index (χ2v) is 11.0. The molecule has 3 heterocycles. The highest BCUT2D eigenvalue weighted by molar-refractivity contribution is 7.85. The van der Waals surface area contributed by atoms with E-state index in [0.717, 1.165) is 60.7 Å². The fourth-order valence-corrected chi connectivity index (χ4v) is 6.24. The zero-order valence-electron chi connectivity index (χ0n) is 19.4. The molecule has 9 heteroatoms. The summed E-state index contributed by atoms with van der Waals surface area (Å²) in [5.41, 5.74) is 9.14. The number of nitrogens with two attached hydrogens (primary N) is 1. The average molecular weight is 510 g/mol. The fraction of sp³-hybridized carbons (Fsp3) is 0.346. The average Bonchev–Trinajstić information content (AvgIpc) is 2.85. The van der Waals surface area contributed by atoms with E-state index in [-0.39, 0.29) is 12.3 Å². The van der Waals surface area contributed by atoms with E-state index in [0.29, 0.717) is 28.3 Å². The van der Waals surface area contributed by atoms with Crippen LogP contribution in [-0.4, -0.2) is 38.9 Å². The van der Waals surface area contributed by atoms with Gasteiger partial charge in [0.15, 0.2) is 5.82 Å². The number of carbonyl (C=O) groups is 1. The molecule has 0 saturated carbocycles. The number of piperidine rings is 1. The molecule has 3 N–H and O–H groups in total. The van der Waals surface area contributed by atoms with Crippen LogP contribution in [0.4, 0.5) is 17.5 Å². The molecule has 0 radical (unpaired) electrons. The summed E-state index contributed by atoms with van der Waals surface area (Å²) in [4.78, 5) is 23.8. The van der Waals surface area contributed by atoms with Crippen LogP contribution in [-0.2, 0) is 28.4 Å². The number of amides is 1. The smallest absolute Gasteiger partial charge is 0.227 e. The van der Waals surface area contributed by atoms with Crippen molar-refractivity contribution in [3.63, 3.8) is 0 Å². The van der Waals surface area contributed by atoms with Gasteiger partial charge in [0, 0.05) is 29.6 Å². The van der Waals surface area contributed by atoms with E-state index in [2.05, 4.69) is 22.3 Å². The first kappa shape index (κ1) is 23.8. The molecule has 0 bridgehead atoms. The summed E-state index contributed by atoms with van der Waals surface area (Å²) in [6, 6.07) is 15.6. The molecule has 5 rings (SSSR count). The molecule has 2 aromatic carbocycles. The zero-order valence-corrected chi connectivity index (χ0v) is 20.9. The molecule has 1 fully saturated rings. The second kappa shape index (κ2) is 10.3. The summed E-state index contributed by atoms with van der Waals surface area (Å²) in [6.07, 6.45) is 3.87. The van der Waals surface area contributed by atoms with Crippen molar-refractivity contribution in [1.82, 2.24) is 9.97 Å². The van der Waals surface area contributed by atoms with Gasteiger partial charge in [-0.25, -0.2) is 4.98 Å². The Morgan fingerprint density at radius 1 is 1.09 bits per heavy atom. The van der Waals surface area contributed by atoms with Crippen LogP contribution in [0.5, 0.6) is 0 Å². The topological polar surface area (TPSA) is 101 Å². The van der Waals surface area contributed by atoms with E-state index < -0.39 is 10.8 Å². The SMILES string of the molecule is NC(=O)Cc1ccc(Nc2nc(N3CCC(c4ccc(Cl)cc4)CC3)nc3c2[S@](=O)CCC3)cc1. The number of aromatic nitrogens is 2. The lowest BCUT2D eigenvalue weighted by Gasteiger charge is -2.33. The number of fused-ring (bicyclic) bond motifs is 1. The van der Waals surface area contributed by atoms with Crippen LogP contribution < -0.4 is 16.0 Å². The third-order valence-corrected chi connectivity index (χ3v) is 8.40. The molecule has 1 atom stereocenters. The van der Waals surface area contributed by atoms with E-state index in [1.807, 2.05) is 36.4 Å². The molecule has 1 saturated heterocycles. The largest absolute Gasteiger partial charge is 0.369 e. The molecular formula is C26H28ClN5O2S. The first-order valence-electron chi connectivity index (χ1n) is 11.9. The summed E-state index contributed by atoms with van der Waals surface area (Å²) in [6.45, 7) is 1.72. The number of benzene rings is 2. The molecule has 0 aliphatic carbocycles. The van der Waals surface area contributed by atoms with Crippen LogP contribution in [0, 0.1) is 0 Å². The van der Waals surface area contributed by atoms with Crippen molar-refractivity contribution in [2.45, 2.75) is 42.9 Å². The highest BCUT2D eigenvalue weighted by atomic mass is 35.5. The number of halogens is 1.